The third-order valence-corrected chi connectivity index (χ3v) is 3.23. The minimum absolute atomic E-state index is 0. The van der Waals surface area contributed by atoms with Crippen LogP contribution in [0.1, 0.15) is 27.0 Å². The fourth-order valence-corrected chi connectivity index (χ4v) is 2.34. The van der Waals surface area contributed by atoms with Crippen molar-refractivity contribution in [3.05, 3.63) is 22.5 Å². The first kappa shape index (κ1) is 20.0. The van der Waals surface area contributed by atoms with Crippen LogP contribution in [-0.2, 0) is 23.8 Å². The maximum atomic E-state index is 13.6. The molecule has 1 aromatic heterocycles. The van der Waals surface area contributed by atoms with Crippen molar-refractivity contribution in [2.45, 2.75) is 45.3 Å². The van der Waals surface area contributed by atoms with Crippen LogP contribution in [0.15, 0.2) is 11.0 Å². The number of hydrogen-bond donors (Lipinski definition) is 1. The monoisotopic (exact) mass is 409 g/mol. The van der Waals surface area contributed by atoms with Crippen LogP contribution in [0.2, 0.25) is 0 Å². The zero-order valence-corrected chi connectivity index (χ0v) is 14.8. The van der Waals surface area contributed by atoms with E-state index in [4.69, 9.17) is 19.9 Å². The van der Waals surface area contributed by atoms with E-state index in [1.165, 1.54) is 6.92 Å². The highest BCUT2D eigenvalue weighted by Crippen LogP contribution is 2.33. The second kappa shape index (κ2) is 7.71. The molecule has 1 fully saturated rings. The number of rotatable bonds is 3. The summed E-state index contributed by atoms with van der Waals surface area (Å²) >= 11 is 0. The Hall–Kier alpha value is -2.01. The molecule has 0 saturated carbocycles. The normalized spacial score (nSPS) is 25.7. The summed E-state index contributed by atoms with van der Waals surface area (Å²) in [6, 6.07) is 0. The second-order valence-electron chi connectivity index (χ2n) is 5.04. The topological polar surface area (TPSA) is 123 Å². The molecule has 0 aliphatic carbocycles. The van der Waals surface area contributed by atoms with E-state index in [1.807, 2.05) is 0 Å². The molecule has 0 unspecified atom stereocenters. The Labute approximate surface area is 146 Å². The third-order valence-electron chi connectivity index (χ3n) is 3.23. The number of hydrogen-bond acceptors (Lipinski definition) is 8. The number of nitrogens with two attached hydrogens (primary N) is 1. The SMILES string of the molecule is Br.CC(=O)O[C@@H]1[C@H](OC(C)=O)[C@@H](C)O[C@H]1n1cc(F)c(N)nc1=O. The van der Waals surface area contributed by atoms with E-state index in [9.17, 15) is 18.8 Å². The van der Waals surface area contributed by atoms with Crippen LogP contribution in [0, 0.1) is 5.82 Å². The van der Waals surface area contributed by atoms with Gasteiger partial charge in [0.15, 0.2) is 30.1 Å². The lowest BCUT2D eigenvalue weighted by molar-refractivity contribution is -0.165. The van der Waals surface area contributed by atoms with Gasteiger partial charge in [0, 0.05) is 13.8 Å². The number of nitrogen functional groups attached to an aromatic ring is 1. The van der Waals surface area contributed by atoms with Gasteiger partial charge in [-0.1, -0.05) is 0 Å². The van der Waals surface area contributed by atoms with Crippen LogP contribution >= 0.6 is 17.0 Å². The molecular formula is C13H17BrFN3O6. The molecular weight excluding hydrogens is 393 g/mol. The fraction of sp³-hybridized carbons (Fsp3) is 0.538. The van der Waals surface area contributed by atoms with E-state index in [0.717, 1.165) is 17.7 Å². The number of nitrogens with zero attached hydrogens (tertiary/aromatic N) is 2. The molecule has 9 nitrogen and oxygen atoms in total. The van der Waals surface area contributed by atoms with Gasteiger partial charge in [-0.3, -0.25) is 14.2 Å². The minimum Gasteiger partial charge on any atom is -0.456 e. The zero-order valence-electron chi connectivity index (χ0n) is 13.1. The van der Waals surface area contributed by atoms with Crippen molar-refractivity contribution in [3.63, 3.8) is 0 Å². The van der Waals surface area contributed by atoms with Gasteiger partial charge in [0.2, 0.25) is 0 Å². The van der Waals surface area contributed by atoms with Gasteiger partial charge in [0.25, 0.3) is 0 Å². The summed E-state index contributed by atoms with van der Waals surface area (Å²) < 4.78 is 30.1. The molecule has 1 aromatic rings. The minimum atomic E-state index is -1.20. The summed E-state index contributed by atoms with van der Waals surface area (Å²) in [5, 5.41) is 0. The predicted octanol–water partition coefficient (Wildman–Crippen LogP) is 0.323. The van der Waals surface area contributed by atoms with Crippen LogP contribution in [0.4, 0.5) is 10.2 Å². The first-order chi connectivity index (χ1) is 10.7. The molecule has 24 heavy (non-hydrogen) atoms. The maximum absolute atomic E-state index is 13.6. The molecule has 0 radical (unpaired) electrons. The summed E-state index contributed by atoms with van der Waals surface area (Å²) in [4.78, 5) is 37.8. The summed E-state index contributed by atoms with van der Waals surface area (Å²) in [7, 11) is 0. The standard InChI is InChI=1S/C13H16FN3O6.BrH/c1-5-9(22-6(2)18)10(23-7(3)19)12(21-5)17-4-8(14)11(15)16-13(17)20;/h4-5,9-10,12H,1-3H3,(H2,15,16,20);1H/t5-,9-,10-,12-;/m1./s1. The zero-order chi connectivity index (χ0) is 17.3. The van der Waals surface area contributed by atoms with Crippen molar-refractivity contribution in [1.82, 2.24) is 9.55 Å². The molecule has 11 heteroatoms. The number of carbonyl (C=O) groups excluding carboxylic acids is 2. The van der Waals surface area contributed by atoms with E-state index in [2.05, 4.69) is 4.98 Å². The Morgan fingerprint density at radius 1 is 1.29 bits per heavy atom. The van der Waals surface area contributed by atoms with Gasteiger partial charge in [-0.15, -0.1) is 17.0 Å². The Morgan fingerprint density at radius 3 is 2.38 bits per heavy atom. The summed E-state index contributed by atoms with van der Waals surface area (Å²) in [5.74, 6) is -2.78. The van der Waals surface area contributed by atoms with Crippen molar-refractivity contribution in [2.75, 3.05) is 5.73 Å². The molecule has 2 N–H and O–H groups in total. The molecule has 2 rings (SSSR count). The molecule has 1 saturated heterocycles. The van der Waals surface area contributed by atoms with Crippen molar-refractivity contribution < 1.29 is 28.2 Å². The summed E-state index contributed by atoms with van der Waals surface area (Å²) in [5.41, 5.74) is 4.34. The Morgan fingerprint density at radius 2 is 1.83 bits per heavy atom. The number of ether oxygens (including phenoxy) is 3. The van der Waals surface area contributed by atoms with Gasteiger partial charge < -0.3 is 19.9 Å². The van der Waals surface area contributed by atoms with Crippen molar-refractivity contribution in [1.29, 1.82) is 0 Å². The van der Waals surface area contributed by atoms with Gasteiger partial charge in [-0.05, 0) is 6.92 Å². The van der Waals surface area contributed by atoms with E-state index in [1.54, 1.807) is 6.92 Å². The van der Waals surface area contributed by atoms with Crippen molar-refractivity contribution in [3.8, 4) is 0 Å². The lowest BCUT2D eigenvalue weighted by Crippen LogP contribution is -2.40. The maximum Gasteiger partial charge on any atom is 0.351 e. The van der Waals surface area contributed by atoms with Crippen molar-refractivity contribution in [2.24, 2.45) is 0 Å². The molecule has 0 amide bonds. The molecule has 134 valence electrons. The molecule has 0 spiro atoms. The summed E-state index contributed by atoms with van der Waals surface area (Å²) in [6.07, 6.45) is -3.17. The highest BCUT2D eigenvalue weighted by Gasteiger charge is 2.48. The van der Waals surface area contributed by atoms with Gasteiger partial charge >= 0.3 is 17.6 Å². The number of halogens is 2. The predicted molar refractivity (Wildman–Crippen MR) is 83.9 cm³/mol. The average Bonchev–Trinajstić information content (AvgIpc) is 2.70. The molecule has 0 bridgehead atoms. The number of carbonyl (C=O) groups is 2. The van der Waals surface area contributed by atoms with Crippen LogP contribution in [0.3, 0.4) is 0 Å². The van der Waals surface area contributed by atoms with Crippen LogP contribution < -0.4 is 11.4 Å². The quantitative estimate of drug-likeness (QED) is 0.708. The summed E-state index contributed by atoms with van der Waals surface area (Å²) in [6.45, 7) is 3.90. The average molecular weight is 410 g/mol. The lowest BCUT2D eigenvalue weighted by Gasteiger charge is -2.23. The van der Waals surface area contributed by atoms with E-state index in [0.29, 0.717) is 0 Å². The van der Waals surface area contributed by atoms with Gasteiger partial charge in [-0.2, -0.15) is 4.98 Å². The fourth-order valence-electron chi connectivity index (χ4n) is 2.34. The number of esters is 2. The van der Waals surface area contributed by atoms with E-state index < -0.39 is 53.8 Å². The Kier molecular flexibility index (Phi) is 6.43. The van der Waals surface area contributed by atoms with Crippen LogP contribution in [0.5, 0.6) is 0 Å². The number of aromatic nitrogens is 2. The lowest BCUT2D eigenvalue weighted by atomic mass is 10.1. The highest BCUT2D eigenvalue weighted by molar-refractivity contribution is 8.93. The first-order valence-corrected chi connectivity index (χ1v) is 6.74. The van der Waals surface area contributed by atoms with Gasteiger partial charge in [0.05, 0.1) is 12.3 Å². The molecule has 4 atom stereocenters. The smallest absolute Gasteiger partial charge is 0.351 e. The Balaban J connectivity index is 0.00000288. The van der Waals surface area contributed by atoms with Crippen LogP contribution in [0.25, 0.3) is 0 Å². The third kappa shape index (κ3) is 4.09. The molecule has 0 aromatic carbocycles. The Bertz CT molecular complexity index is 697. The first-order valence-electron chi connectivity index (χ1n) is 6.74. The van der Waals surface area contributed by atoms with Gasteiger partial charge in [0.1, 0.15) is 0 Å². The molecule has 1 aliphatic rings. The van der Waals surface area contributed by atoms with Gasteiger partial charge in [-0.25, -0.2) is 9.18 Å². The second-order valence-corrected chi connectivity index (χ2v) is 5.04. The van der Waals surface area contributed by atoms with Crippen LogP contribution in [-0.4, -0.2) is 39.8 Å². The van der Waals surface area contributed by atoms with E-state index in [-0.39, 0.29) is 17.0 Å². The molecule has 1 aliphatic heterocycles. The highest BCUT2D eigenvalue weighted by atomic mass is 79.9. The van der Waals surface area contributed by atoms with E-state index >= 15 is 0 Å². The van der Waals surface area contributed by atoms with Crippen molar-refractivity contribution >= 4 is 34.7 Å². The molecule has 2 heterocycles. The largest absolute Gasteiger partial charge is 0.456 e. The number of anilines is 1.